The predicted molar refractivity (Wildman–Crippen MR) is 102 cm³/mol. The van der Waals surface area contributed by atoms with Gasteiger partial charge in [-0.15, -0.1) is 0 Å². The van der Waals surface area contributed by atoms with Crippen LogP contribution in [0.3, 0.4) is 0 Å². The average molecular weight is 444 g/mol. The van der Waals surface area contributed by atoms with Crippen molar-refractivity contribution in [1.29, 1.82) is 0 Å². The molecule has 0 radical (unpaired) electrons. The van der Waals surface area contributed by atoms with Crippen molar-refractivity contribution >= 4 is 39.1 Å². The highest BCUT2D eigenvalue weighted by atomic mass is 79.9. The van der Waals surface area contributed by atoms with E-state index < -0.39 is 4.92 Å². The van der Waals surface area contributed by atoms with Crippen molar-refractivity contribution < 1.29 is 19.6 Å². The largest absolute Gasteiger partial charge is 0.472 e. The van der Waals surface area contributed by atoms with E-state index in [1.54, 1.807) is 26.0 Å². The van der Waals surface area contributed by atoms with Crippen LogP contribution < -0.4 is 4.74 Å². The zero-order valence-corrected chi connectivity index (χ0v) is 16.5. The summed E-state index contributed by atoms with van der Waals surface area (Å²) in [6, 6.07) is 7.50. The second-order valence-electron chi connectivity index (χ2n) is 5.59. The third-order valence-electron chi connectivity index (χ3n) is 3.35. The molecule has 0 bridgehead atoms. The van der Waals surface area contributed by atoms with Crippen LogP contribution in [0.2, 0.25) is 5.02 Å². The van der Waals surface area contributed by atoms with Gasteiger partial charge in [-0.05, 0) is 49.7 Å². The van der Waals surface area contributed by atoms with E-state index >= 15 is 0 Å². The molecule has 2 rings (SSSR count). The number of nitro groups is 1. The summed E-state index contributed by atoms with van der Waals surface area (Å²) in [5.41, 5.74) is 0.518. The first kappa shape index (κ1) is 20.0. The van der Waals surface area contributed by atoms with Crippen molar-refractivity contribution in [3.05, 3.63) is 61.1 Å². The van der Waals surface area contributed by atoms with Gasteiger partial charge in [-0.25, -0.2) is 0 Å². The second-order valence-corrected chi connectivity index (χ2v) is 6.83. The lowest BCUT2D eigenvalue weighted by atomic mass is 10.1. The van der Waals surface area contributed by atoms with Crippen LogP contribution in [-0.2, 0) is 4.74 Å². The maximum absolute atomic E-state index is 11.3. The molecule has 138 valence electrons. The van der Waals surface area contributed by atoms with E-state index in [1.807, 2.05) is 6.92 Å². The summed E-state index contributed by atoms with van der Waals surface area (Å²) in [5, 5.41) is 23.9. The van der Waals surface area contributed by atoms with Crippen molar-refractivity contribution in [2.45, 2.75) is 26.9 Å². The lowest BCUT2D eigenvalue weighted by Crippen LogP contribution is -2.14. The van der Waals surface area contributed by atoms with Crippen LogP contribution in [0, 0.1) is 17.0 Å². The van der Waals surface area contributed by atoms with Gasteiger partial charge in [0.15, 0.2) is 0 Å². The summed E-state index contributed by atoms with van der Waals surface area (Å²) in [5.74, 6) is 0.400. The third-order valence-corrected chi connectivity index (χ3v) is 4.67. The summed E-state index contributed by atoms with van der Waals surface area (Å²) >= 11 is 9.66. The Kier molecular flexibility index (Phi) is 6.44. The van der Waals surface area contributed by atoms with Crippen LogP contribution in [-0.4, -0.2) is 22.1 Å². The van der Waals surface area contributed by atoms with Crippen LogP contribution in [0.1, 0.15) is 25.0 Å². The fraction of sp³-hybridized carbons (Fsp3) is 0.235. The highest BCUT2D eigenvalue weighted by Gasteiger charge is 2.23. The molecule has 2 aromatic rings. The SMILES string of the molecule is Cc1c(Br)ccc(Oc2ccc([N+](=O)[O-])c(/C(=N/O)OC(C)C)c2)c1Cl. The van der Waals surface area contributed by atoms with Crippen molar-refractivity contribution in [3.8, 4) is 11.5 Å². The third kappa shape index (κ3) is 4.44. The standard InChI is InChI=1S/C17H16BrClN2O5/c1-9(2)25-17(20-22)12-8-11(4-6-14(12)21(23)24)26-15-7-5-13(18)10(3)16(15)19/h4-9,22H,1-3H3/b20-17-. The number of halogens is 2. The van der Waals surface area contributed by atoms with Gasteiger partial charge in [0.05, 0.1) is 16.0 Å². The van der Waals surface area contributed by atoms with E-state index in [0.717, 1.165) is 10.0 Å². The molecule has 0 saturated carbocycles. The predicted octanol–water partition coefficient (Wildman–Crippen LogP) is 5.67. The number of nitro benzene ring substituents is 1. The van der Waals surface area contributed by atoms with E-state index in [2.05, 4.69) is 21.1 Å². The Bertz CT molecular complexity index is 870. The van der Waals surface area contributed by atoms with E-state index in [9.17, 15) is 15.3 Å². The lowest BCUT2D eigenvalue weighted by Gasteiger charge is -2.14. The van der Waals surface area contributed by atoms with E-state index in [-0.39, 0.29) is 29.0 Å². The number of benzene rings is 2. The van der Waals surface area contributed by atoms with Gasteiger partial charge in [0.25, 0.3) is 11.6 Å². The summed E-state index contributed by atoms with van der Waals surface area (Å²) in [6.07, 6.45) is -0.339. The summed E-state index contributed by atoms with van der Waals surface area (Å²) in [7, 11) is 0. The molecule has 7 nitrogen and oxygen atoms in total. The Morgan fingerprint density at radius 1 is 1.35 bits per heavy atom. The molecular weight excluding hydrogens is 428 g/mol. The van der Waals surface area contributed by atoms with Gasteiger partial charge in [0, 0.05) is 16.6 Å². The van der Waals surface area contributed by atoms with Crippen LogP contribution in [0.25, 0.3) is 0 Å². The first-order valence-electron chi connectivity index (χ1n) is 7.54. The molecule has 0 heterocycles. The van der Waals surface area contributed by atoms with Crippen molar-refractivity contribution in [2.24, 2.45) is 5.16 Å². The summed E-state index contributed by atoms with van der Waals surface area (Å²) in [6.45, 7) is 5.25. The molecule has 0 atom stereocenters. The molecule has 0 aliphatic heterocycles. The maximum atomic E-state index is 11.3. The molecule has 0 unspecified atom stereocenters. The minimum absolute atomic E-state index is 0.00587. The number of oxime groups is 1. The van der Waals surface area contributed by atoms with Gasteiger partial charge < -0.3 is 14.7 Å². The molecule has 9 heteroatoms. The van der Waals surface area contributed by atoms with Crippen molar-refractivity contribution in [3.63, 3.8) is 0 Å². The number of hydrogen-bond acceptors (Lipinski definition) is 6. The molecule has 0 saturated heterocycles. The summed E-state index contributed by atoms with van der Waals surface area (Å²) in [4.78, 5) is 10.7. The van der Waals surface area contributed by atoms with Crippen LogP contribution in [0.5, 0.6) is 11.5 Å². The van der Waals surface area contributed by atoms with Crippen LogP contribution in [0.4, 0.5) is 5.69 Å². The zero-order chi connectivity index (χ0) is 19.4. The van der Waals surface area contributed by atoms with Gasteiger partial charge in [-0.1, -0.05) is 27.5 Å². The molecular formula is C17H16BrClN2O5. The van der Waals surface area contributed by atoms with Crippen molar-refractivity contribution in [1.82, 2.24) is 0 Å². The Hall–Kier alpha value is -2.32. The topological polar surface area (TPSA) is 94.2 Å². The lowest BCUT2D eigenvalue weighted by molar-refractivity contribution is -0.385. The van der Waals surface area contributed by atoms with E-state index in [1.165, 1.54) is 18.2 Å². The minimum atomic E-state index is -0.593. The fourth-order valence-electron chi connectivity index (χ4n) is 2.12. The van der Waals surface area contributed by atoms with Gasteiger partial charge in [-0.3, -0.25) is 10.1 Å². The first-order valence-corrected chi connectivity index (χ1v) is 8.71. The zero-order valence-electron chi connectivity index (χ0n) is 14.2. The van der Waals surface area contributed by atoms with E-state index in [4.69, 9.17) is 21.1 Å². The molecule has 0 fully saturated rings. The van der Waals surface area contributed by atoms with Gasteiger partial charge in [-0.2, -0.15) is 0 Å². The van der Waals surface area contributed by atoms with Gasteiger partial charge in [0.1, 0.15) is 17.1 Å². The highest BCUT2D eigenvalue weighted by Crippen LogP contribution is 2.36. The molecule has 0 amide bonds. The Labute approximate surface area is 163 Å². The maximum Gasteiger partial charge on any atom is 0.282 e. The first-order chi connectivity index (χ1) is 12.2. The highest BCUT2D eigenvalue weighted by molar-refractivity contribution is 9.10. The van der Waals surface area contributed by atoms with Crippen LogP contribution >= 0.6 is 27.5 Å². The average Bonchev–Trinajstić information content (AvgIpc) is 2.59. The van der Waals surface area contributed by atoms with E-state index in [0.29, 0.717) is 10.8 Å². The molecule has 0 spiro atoms. The van der Waals surface area contributed by atoms with Crippen molar-refractivity contribution in [2.75, 3.05) is 0 Å². The Morgan fingerprint density at radius 2 is 2.04 bits per heavy atom. The second kappa shape index (κ2) is 8.37. The monoisotopic (exact) mass is 442 g/mol. The number of nitrogens with zero attached hydrogens (tertiary/aromatic N) is 2. The summed E-state index contributed by atoms with van der Waals surface area (Å²) < 4.78 is 11.9. The fourth-order valence-corrected chi connectivity index (χ4v) is 2.76. The number of ether oxygens (including phenoxy) is 2. The molecule has 26 heavy (non-hydrogen) atoms. The number of hydrogen-bond donors (Lipinski definition) is 1. The Balaban J connectivity index is 2.47. The molecule has 0 aliphatic rings. The van der Waals surface area contributed by atoms with Crippen LogP contribution in [0.15, 0.2) is 40.0 Å². The van der Waals surface area contributed by atoms with Gasteiger partial charge in [0.2, 0.25) is 0 Å². The quantitative estimate of drug-likeness (QED) is 0.211. The smallest absolute Gasteiger partial charge is 0.282 e. The molecule has 0 aromatic heterocycles. The normalized spacial score (nSPS) is 11.5. The number of rotatable bonds is 5. The Morgan fingerprint density at radius 3 is 2.62 bits per heavy atom. The molecule has 1 N–H and O–H groups in total. The van der Waals surface area contributed by atoms with Gasteiger partial charge >= 0.3 is 0 Å². The molecule has 0 aliphatic carbocycles. The minimum Gasteiger partial charge on any atom is -0.472 e. The molecule has 2 aromatic carbocycles.